The molecule has 0 spiro atoms. The maximum absolute atomic E-state index is 12.1. The second-order valence-electron chi connectivity index (χ2n) is 8.56. The summed E-state index contributed by atoms with van der Waals surface area (Å²) >= 11 is 0. The smallest absolute Gasteiger partial charge is 0.144 e. The van der Waals surface area contributed by atoms with Crippen LogP contribution in [0.5, 0.6) is 11.5 Å². The number of hydrogen-bond donors (Lipinski definition) is 2. The largest absolute Gasteiger partial charge is 0.506 e. The topological polar surface area (TPSA) is 99.3 Å². The minimum atomic E-state index is -0.694. The molecule has 187 valence electrons. The molecule has 7 heteroatoms. The number of hydrogen-bond acceptors (Lipinski definition) is 6. The summed E-state index contributed by atoms with van der Waals surface area (Å²) in [5.74, 6) is -0.794. The molecule has 0 aliphatic carbocycles. The predicted molar refractivity (Wildman–Crippen MR) is 152 cm³/mol. The highest BCUT2D eigenvalue weighted by molar-refractivity contribution is 6.14. The Morgan fingerprint density at radius 3 is 1.37 bits per heavy atom. The van der Waals surface area contributed by atoms with Crippen LogP contribution in [0.3, 0.4) is 0 Å². The average molecular weight is 518 g/mol. The molecule has 0 amide bonds. The highest BCUT2D eigenvalue weighted by Crippen LogP contribution is 2.35. The van der Waals surface area contributed by atoms with Gasteiger partial charge in [-0.3, -0.25) is 9.59 Å². The summed E-state index contributed by atoms with van der Waals surface area (Å²) in [6.45, 7) is 2.98. The molecule has 0 aromatic heterocycles. The summed E-state index contributed by atoms with van der Waals surface area (Å²) in [6.07, 6.45) is 0. The van der Waals surface area contributed by atoms with Gasteiger partial charge in [-0.1, -0.05) is 72.8 Å². The standard InChI is InChI=1S/C19H16O2.C12H10N2O2.Al/c1-12(20)18(13(2)21)19-16-9-5-3-7-14(16)11-15-8-4-6-10-17(15)19;15-11-7-3-1-5-9(11)13-14-10-6-2-4-8-12(10)16;/h3-11,18H,1-2H3;1-8,15-16H;. The Morgan fingerprint density at radius 1 is 0.605 bits per heavy atom. The summed E-state index contributed by atoms with van der Waals surface area (Å²) in [7, 11) is 0. The predicted octanol–water partition coefficient (Wildman–Crippen LogP) is 7.39. The van der Waals surface area contributed by atoms with Gasteiger partial charge in [0.05, 0.1) is 0 Å². The van der Waals surface area contributed by atoms with Crippen molar-refractivity contribution < 1.29 is 19.8 Å². The average Bonchev–Trinajstić information content (AvgIpc) is 2.89. The van der Waals surface area contributed by atoms with Crippen molar-refractivity contribution in [3.63, 3.8) is 0 Å². The molecule has 0 aliphatic heterocycles. The Labute approximate surface area is 231 Å². The van der Waals surface area contributed by atoms with E-state index < -0.39 is 5.92 Å². The third-order valence-electron chi connectivity index (χ3n) is 5.94. The quantitative estimate of drug-likeness (QED) is 0.110. The molecule has 5 aromatic rings. The zero-order chi connectivity index (χ0) is 26.4. The Hall–Kier alpha value is -4.31. The van der Waals surface area contributed by atoms with Crippen molar-refractivity contribution in [2.45, 2.75) is 19.8 Å². The van der Waals surface area contributed by atoms with Gasteiger partial charge in [-0.25, -0.2) is 0 Å². The Bertz CT molecular complexity index is 1520. The monoisotopic (exact) mass is 517 g/mol. The van der Waals surface area contributed by atoms with Crippen molar-refractivity contribution in [1.82, 2.24) is 0 Å². The number of phenols is 2. The van der Waals surface area contributed by atoms with Gasteiger partial charge in [-0.2, -0.15) is 0 Å². The van der Waals surface area contributed by atoms with E-state index in [0.29, 0.717) is 11.4 Å². The molecule has 2 N–H and O–H groups in total. The zero-order valence-corrected chi connectivity index (χ0v) is 22.2. The first-order valence-electron chi connectivity index (χ1n) is 11.8. The normalized spacial score (nSPS) is 10.7. The van der Waals surface area contributed by atoms with Crippen molar-refractivity contribution in [3.8, 4) is 11.5 Å². The number of carbonyl (C=O) groups excluding carboxylic acids is 2. The van der Waals surface area contributed by atoms with Crippen molar-refractivity contribution in [1.29, 1.82) is 0 Å². The van der Waals surface area contributed by atoms with E-state index in [4.69, 9.17) is 0 Å². The van der Waals surface area contributed by atoms with Gasteiger partial charge in [0.25, 0.3) is 0 Å². The van der Waals surface area contributed by atoms with E-state index >= 15 is 0 Å². The molecule has 0 saturated heterocycles. The number of azo groups is 1. The third kappa shape index (κ3) is 6.33. The van der Waals surface area contributed by atoms with Crippen molar-refractivity contribution in [2.75, 3.05) is 0 Å². The van der Waals surface area contributed by atoms with Gasteiger partial charge in [-0.05, 0) is 71.3 Å². The van der Waals surface area contributed by atoms with Crippen LogP contribution in [0.15, 0.2) is 113 Å². The number of benzene rings is 5. The van der Waals surface area contributed by atoms with Crippen molar-refractivity contribution >= 4 is 61.8 Å². The third-order valence-corrected chi connectivity index (χ3v) is 5.94. The first kappa shape index (κ1) is 28.3. The first-order chi connectivity index (χ1) is 17.9. The SMILES string of the molecule is CC(=O)C(C(C)=O)c1c2ccccc2cc2ccccc12.Oc1ccccc1N=Nc1ccccc1O.[Al]. The Balaban J connectivity index is 0.000000213. The molecule has 0 saturated carbocycles. The summed E-state index contributed by atoms with van der Waals surface area (Å²) in [5.41, 5.74) is 1.57. The van der Waals surface area contributed by atoms with Crippen LogP contribution in [-0.4, -0.2) is 39.1 Å². The maximum atomic E-state index is 12.1. The van der Waals surface area contributed by atoms with E-state index in [2.05, 4.69) is 16.3 Å². The van der Waals surface area contributed by atoms with Crippen LogP contribution in [-0.2, 0) is 9.59 Å². The molecular weight excluding hydrogens is 491 g/mol. The van der Waals surface area contributed by atoms with Crippen LogP contribution < -0.4 is 0 Å². The molecule has 38 heavy (non-hydrogen) atoms. The molecule has 3 radical (unpaired) electrons. The summed E-state index contributed by atoms with van der Waals surface area (Å²) in [6, 6.07) is 31.2. The summed E-state index contributed by atoms with van der Waals surface area (Å²) in [5, 5.41) is 30.7. The number of rotatable bonds is 5. The lowest BCUT2D eigenvalue weighted by Gasteiger charge is -2.17. The van der Waals surface area contributed by atoms with Gasteiger partial charge < -0.3 is 10.2 Å². The van der Waals surface area contributed by atoms with Gasteiger partial charge in [0.1, 0.15) is 40.4 Å². The number of phenolic OH excluding ortho intramolecular Hbond substituents is 2. The van der Waals surface area contributed by atoms with Crippen molar-refractivity contribution in [3.05, 3.63) is 109 Å². The van der Waals surface area contributed by atoms with Crippen LogP contribution in [0.25, 0.3) is 21.5 Å². The molecule has 0 atom stereocenters. The molecule has 0 aliphatic rings. The number of carbonyl (C=O) groups is 2. The zero-order valence-electron chi connectivity index (χ0n) is 21.1. The minimum absolute atomic E-state index is 0. The van der Waals surface area contributed by atoms with Crippen molar-refractivity contribution in [2.24, 2.45) is 10.2 Å². The van der Waals surface area contributed by atoms with E-state index in [1.54, 1.807) is 36.4 Å². The van der Waals surface area contributed by atoms with Gasteiger partial charge in [0, 0.05) is 17.4 Å². The molecule has 0 unspecified atom stereocenters. The van der Waals surface area contributed by atoms with E-state index in [9.17, 15) is 19.8 Å². The number of Topliss-reactive ketones (excluding diaryl/α,β-unsaturated/α-hetero) is 2. The van der Waals surface area contributed by atoms with Crippen LogP contribution >= 0.6 is 0 Å². The van der Waals surface area contributed by atoms with Crippen LogP contribution in [0.4, 0.5) is 11.4 Å². The molecule has 5 rings (SSSR count). The molecule has 0 fully saturated rings. The number of fused-ring (bicyclic) bond motifs is 2. The molecule has 6 nitrogen and oxygen atoms in total. The number of ketones is 2. The molecule has 0 heterocycles. The fourth-order valence-electron chi connectivity index (χ4n) is 4.26. The van der Waals surface area contributed by atoms with E-state index in [1.165, 1.54) is 26.0 Å². The molecular formula is C31H26AlN2O4. The summed E-state index contributed by atoms with van der Waals surface area (Å²) < 4.78 is 0. The fourth-order valence-corrected chi connectivity index (χ4v) is 4.26. The minimum Gasteiger partial charge on any atom is -0.506 e. The van der Waals surface area contributed by atoms with Gasteiger partial charge >= 0.3 is 0 Å². The van der Waals surface area contributed by atoms with Crippen LogP contribution in [0.2, 0.25) is 0 Å². The van der Waals surface area contributed by atoms with Gasteiger partial charge in [0.2, 0.25) is 0 Å². The fraction of sp³-hybridized carbons (Fsp3) is 0.0968. The van der Waals surface area contributed by atoms with Crippen LogP contribution in [0.1, 0.15) is 25.3 Å². The highest BCUT2D eigenvalue weighted by atomic mass is 27.0. The first-order valence-corrected chi connectivity index (χ1v) is 11.8. The number of nitrogens with zero attached hydrogens (tertiary/aromatic N) is 2. The molecule has 5 aromatic carbocycles. The van der Waals surface area contributed by atoms with E-state index in [-0.39, 0.29) is 40.4 Å². The van der Waals surface area contributed by atoms with E-state index in [1.807, 2.05) is 48.5 Å². The number of aromatic hydroxyl groups is 2. The highest BCUT2D eigenvalue weighted by Gasteiger charge is 2.25. The van der Waals surface area contributed by atoms with Crippen LogP contribution in [0, 0.1) is 0 Å². The van der Waals surface area contributed by atoms with Gasteiger partial charge in [-0.15, -0.1) is 10.2 Å². The molecule has 0 bridgehead atoms. The second-order valence-corrected chi connectivity index (χ2v) is 8.56. The maximum Gasteiger partial charge on any atom is 0.144 e. The lowest BCUT2D eigenvalue weighted by molar-refractivity contribution is -0.126. The Kier molecular flexibility index (Phi) is 9.51. The Morgan fingerprint density at radius 2 is 0.974 bits per heavy atom. The number of para-hydroxylation sites is 2. The second kappa shape index (κ2) is 12.8. The lowest BCUT2D eigenvalue weighted by atomic mass is 9.84. The summed E-state index contributed by atoms with van der Waals surface area (Å²) in [4.78, 5) is 24.1. The van der Waals surface area contributed by atoms with Gasteiger partial charge in [0.15, 0.2) is 0 Å². The van der Waals surface area contributed by atoms with E-state index in [0.717, 1.165) is 27.1 Å². The lowest BCUT2D eigenvalue weighted by Crippen LogP contribution is -2.17.